The van der Waals surface area contributed by atoms with Gasteiger partial charge in [-0.25, -0.2) is 19.9 Å². The molecule has 60 heavy (non-hydrogen) atoms. The number of hydrogen-bond acceptors (Lipinski definition) is 6. The summed E-state index contributed by atoms with van der Waals surface area (Å²) in [5, 5.41) is 21.6. The van der Waals surface area contributed by atoms with Gasteiger partial charge in [0, 0.05) is 45.2 Å². The first-order valence-corrected chi connectivity index (χ1v) is 19.9. The Hall–Kier alpha value is -8.32. The molecule has 0 atom stereocenters. The van der Waals surface area contributed by atoms with Crippen molar-refractivity contribution in [1.29, 1.82) is 10.5 Å². The van der Waals surface area contributed by atoms with E-state index in [0.29, 0.717) is 33.9 Å². The number of nitriles is 2. The summed E-state index contributed by atoms with van der Waals surface area (Å²) in [6, 6.07) is 66.2. The SMILES string of the molecule is N#Cc1cc2c(cc1-c1nc(-c3ccccc3)cc(-c3ccccc3)n1)C1c3ccccc3C2c2cc(C#N)c(-c3nc(-c4ccccc4)cc(-c4ccccc4)n3)cc21. The molecular formula is C54H32N6. The molecule has 2 aromatic heterocycles. The van der Waals surface area contributed by atoms with Crippen LogP contribution in [-0.4, -0.2) is 19.9 Å². The molecule has 0 spiro atoms. The quantitative estimate of drug-likeness (QED) is 0.167. The predicted octanol–water partition coefficient (Wildman–Crippen LogP) is 12.0. The maximum atomic E-state index is 10.8. The van der Waals surface area contributed by atoms with E-state index >= 15 is 0 Å². The standard InChI is InChI=1S/C54H32N6/c55-31-37-25-43-45(27-41(37)53-57-47(33-15-5-1-6-16-33)29-48(58-53)34-17-7-2-8-18-34)52-40-24-14-13-23-39(40)51(43)44-26-38(32-56)42(28-46(44)52)54-59-49(35-19-9-3-10-20-35)30-50(60-54)36-21-11-4-12-22-36/h1-30,51-52H. The summed E-state index contributed by atoms with van der Waals surface area (Å²) >= 11 is 0. The minimum Gasteiger partial charge on any atom is -0.228 e. The van der Waals surface area contributed by atoms with Crippen LogP contribution in [0.2, 0.25) is 0 Å². The second-order valence-electron chi connectivity index (χ2n) is 15.2. The van der Waals surface area contributed by atoms with Crippen LogP contribution >= 0.6 is 0 Å². The zero-order chi connectivity index (χ0) is 40.2. The van der Waals surface area contributed by atoms with Crippen molar-refractivity contribution in [3.63, 3.8) is 0 Å². The third-order valence-corrected chi connectivity index (χ3v) is 11.8. The van der Waals surface area contributed by atoms with Gasteiger partial charge in [-0.05, 0) is 69.8 Å². The van der Waals surface area contributed by atoms with Gasteiger partial charge in [0.1, 0.15) is 0 Å². The molecule has 0 fully saturated rings. The van der Waals surface area contributed by atoms with Crippen LogP contribution in [0.4, 0.5) is 0 Å². The minimum absolute atomic E-state index is 0.189. The summed E-state index contributed by atoms with van der Waals surface area (Å²) in [5.74, 6) is 0.603. The van der Waals surface area contributed by atoms with Crippen LogP contribution in [0.3, 0.4) is 0 Å². The Bertz CT molecular complexity index is 2910. The molecule has 7 aromatic carbocycles. The van der Waals surface area contributed by atoms with Gasteiger partial charge in [-0.3, -0.25) is 0 Å². The molecule has 6 heteroatoms. The van der Waals surface area contributed by atoms with E-state index in [2.05, 4.69) is 48.5 Å². The van der Waals surface area contributed by atoms with Gasteiger partial charge in [-0.2, -0.15) is 10.5 Å². The van der Waals surface area contributed by atoms with Crippen molar-refractivity contribution >= 4 is 0 Å². The van der Waals surface area contributed by atoms with Gasteiger partial charge >= 0.3 is 0 Å². The number of benzene rings is 7. The van der Waals surface area contributed by atoms with Crippen molar-refractivity contribution in [2.75, 3.05) is 0 Å². The molecule has 278 valence electrons. The van der Waals surface area contributed by atoms with Crippen molar-refractivity contribution in [1.82, 2.24) is 19.9 Å². The maximum Gasteiger partial charge on any atom is 0.161 e. The van der Waals surface area contributed by atoms with E-state index < -0.39 is 0 Å². The monoisotopic (exact) mass is 764 g/mol. The van der Waals surface area contributed by atoms with E-state index in [-0.39, 0.29) is 11.8 Å². The van der Waals surface area contributed by atoms with Crippen LogP contribution in [0.5, 0.6) is 0 Å². The van der Waals surface area contributed by atoms with Crippen LogP contribution in [0.15, 0.2) is 182 Å². The molecule has 12 rings (SSSR count). The van der Waals surface area contributed by atoms with Crippen LogP contribution in [0.1, 0.15) is 56.3 Å². The van der Waals surface area contributed by atoms with Gasteiger partial charge < -0.3 is 0 Å². The van der Waals surface area contributed by atoms with Crippen molar-refractivity contribution < 1.29 is 0 Å². The van der Waals surface area contributed by atoms with Crippen molar-refractivity contribution in [2.24, 2.45) is 0 Å². The highest BCUT2D eigenvalue weighted by Crippen LogP contribution is 2.57. The fraction of sp³-hybridized carbons (Fsp3) is 0.0370. The maximum absolute atomic E-state index is 10.8. The van der Waals surface area contributed by atoms with E-state index in [1.807, 2.05) is 146 Å². The number of hydrogen-bond donors (Lipinski definition) is 0. The summed E-state index contributed by atoms with van der Waals surface area (Å²) in [6.07, 6.45) is 0. The zero-order valence-corrected chi connectivity index (χ0v) is 32.2. The first-order chi connectivity index (χ1) is 29.6. The van der Waals surface area contributed by atoms with Gasteiger partial charge in [-0.1, -0.05) is 146 Å². The van der Waals surface area contributed by atoms with Crippen LogP contribution < -0.4 is 0 Å². The Morgan fingerprint density at radius 3 is 0.900 bits per heavy atom. The lowest BCUT2D eigenvalue weighted by atomic mass is 9.60. The van der Waals surface area contributed by atoms with Crippen molar-refractivity contribution in [2.45, 2.75) is 11.8 Å². The van der Waals surface area contributed by atoms with Crippen molar-refractivity contribution in [3.8, 4) is 79.9 Å². The Morgan fingerprint density at radius 2 is 0.600 bits per heavy atom. The summed E-state index contributed by atoms with van der Waals surface area (Å²) in [6.45, 7) is 0. The van der Waals surface area contributed by atoms with Gasteiger partial charge in [0.25, 0.3) is 0 Å². The van der Waals surface area contributed by atoms with E-state index in [1.54, 1.807) is 0 Å². The molecule has 0 unspecified atom stereocenters. The van der Waals surface area contributed by atoms with E-state index in [1.165, 1.54) is 11.1 Å². The third kappa shape index (κ3) is 5.78. The lowest BCUT2D eigenvalue weighted by molar-refractivity contribution is 0.753. The zero-order valence-electron chi connectivity index (χ0n) is 32.2. The molecule has 9 aromatic rings. The van der Waals surface area contributed by atoms with Crippen molar-refractivity contribution in [3.05, 3.63) is 226 Å². The number of rotatable bonds is 6. The second-order valence-corrected chi connectivity index (χ2v) is 15.2. The lowest BCUT2D eigenvalue weighted by Gasteiger charge is -2.42. The van der Waals surface area contributed by atoms with Gasteiger partial charge in [0.2, 0.25) is 0 Å². The first kappa shape index (κ1) is 34.9. The Kier molecular flexibility index (Phi) is 8.29. The third-order valence-electron chi connectivity index (χ3n) is 11.8. The topological polar surface area (TPSA) is 99.1 Å². The molecule has 2 heterocycles. The smallest absolute Gasteiger partial charge is 0.161 e. The number of aromatic nitrogens is 4. The molecule has 0 N–H and O–H groups in total. The van der Waals surface area contributed by atoms with E-state index in [0.717, 1.165) is 67.3 Å². The predicted molar refractivity (Wildman–Crippen MR) is 234 cm³/mol. The highest BCUT2D eigenvalue weighted by Gasteiger charge is 2.43. The fourth-order valence-electron chi connectivity index (χ4n) is 9.03. The summed E-state index contributed by atoms with van der Waals surface area (Å²) in [5.41, 5.74) is 16.0. The summed E-state index contributed by atoms with van der Waals surface area (Å²) in [4.78, 5) is 20.5. The molecule has 6 nitrogen and oxygen atoms in total. The largest absolute Gasteiger partial charge is 0.228 e. The molecule has 2 bridgehead atoms. The summed E-state index contributed by atoms with van der Waals surface area (Å²) in [7, 11) is 0. The average molecular weight is 765 g/mol. The molecule has 0 amide bonds. The molecule has 0 saturated heterocycles. The fourth-order valence-corrected chi connectivity index (χ4v) is 9.03. The molecular weight excluding hydrogens is 733 g/mol. The average Bonchev–Trinajstić information content (AvgIpc) is 3.33. The highest BCUT2D eigenvalue weighted by atomic mass is 14.9. The Balaban J connectivity index is 1.12. The van der Waals surface area contributed by atoms with Gasteiger partial charge in [0.05, 0.1) is 46.0 Å². The molecule has 3 aliphatic carbocycles. The first-order valence-electron chi connectivity index (χ1n) is 19.9. The summed E-state index contributed by atoms with van der Waals surface area (Å²) < 4.78 is 0. The van der Waals surface area contributed by atoms with E-state index in [4.69, 9.17) is 19.9 Å². The Morgan fingerprint density at radius 1 is 0.317 bits per heavy atom. The van der Waals surface area contributed by atoms with E-state index in [9.17, 15) is 10.5 Å². The van der Waals surface area contributed by atoms with Crippen LogP contribution in [0, 0.1) is 22.7 Å². The lowest BCUT2D eigenvalue weighted by Crippen LogP contribution is -2.28. The molecule has 0 saturated carbocycles. The van der Waals surface area contributed by atoms with Crippen LogP contribution in [0.25, 0.3) is 67.8 Å². The van der Waals surface area contributed by atoms with Gasteiger partial charge in [-0.15, -0.1) is 0 Å². The molecule has 0 radical (unpaired) electrons. The number of nitrogens with zero attached hydrogens (tertiary/aromatic N) is 6. The molecule has 3 aliphatic rings. The second kappa shape index (κ2) is 14.3. The minimum atomic E-state index is -0.189. The highest BCUT2D eigenvalue weighted by molar-refractivity contribution is 5.81. The molecule has 0 aliphatic heterocycles. The van der Waals surface area contributed by atoms with Crippen LogP contribution in [-0.2, 0) is 0 Å². The van der Waals surface area contributed by atoms with Gasteiger partial charge in [0.15, 0.2) is 11.6 Å². The Labute approximate surface area is 347 Å². The normalized spacial score (nSPS) is 14.3.